The monoisotopic (exact) mass is 633 g/mol. The highest BCUT2D eigenvalue weighted by atomic mass is 32.1. The van der Waals surface area contributed by atoms with Crippen LogP contribution in [0.1, 0.15) is 60.7 Å². The summed E-state index contributed by atoms with van der Waals surface area (Å²) in [4.78, 5) is 44.1. The Morgan fingerprint density at radius 2 is 1.83 bits per heavy atom. The van der Waals surface area contributed by atoms with Crippen molar-refractivity contribution in [3.63, 3.8) is 0 Å². The van der Waals surface area contributed by atoms with Gasteiger partial charge in [-0.3, -0.25) is 19.5 Å². The molecule has 0 saturated carbocycles. The Bertz CT molecular complexity index is 2170. The number of carbonyl (C=O) groups is 1. The molecule has 5 aromatic rings. The summed E-state index contributed by atoms with van der Waals surface area (Å²) in [5.74, 6) is 0.608. The van der Waals surface area contributed by atoms with E-state index in [1.807, 2.05) is 61.5 Å². The number of rotatable bonds is 8. The Morgan fingerprint density at radius 3 is 2.50 bits per heavy atom. The lowest BCUT2D eigenvalue weighted by molar-refractivity contribution is -0.384. The molecule has 3 aromatic carbocycles. The molecular weight excluding hydrogens is 602 g/mol. The fraction of sp³-hybridized carbons (Fsp3) is 0.194. The molecule has 10 heteroatoms. The third-order valence-corrected chi connectivity index (χ3v) is 8.87. The standard InChI is InChI=1S/C36H31N3O6S/c1-5-44-35(41)31-32(24-9-7-6-8-10-24)37-36-38(33(31)25-14-12-23(13-15-25)21(2)3)34(40)30(46-36)20-27-17-18-29(45-27)28-19-26(39(42)43)16-11-22(28)4/h6-21,33H,5H2,1-4H3/b30-20-/t33-/m1/s1. The maximum atomic E-state index is 14.2. The van der Waals surface area contributed by atoms with Gasteiger partial charge in [0.2, 0.25) is 0 Å². The number of nitro benzene ring substituents is 1. The third kappa shape index (κ3) is 5.75. The van der Waals surface area contributed by atoms with E-state index in [1.165, 1.54) is 23.5 Å². The number of carbonyl (C=O) groups excluding carboxylic acids is 1. The normalized spacial score (nSPS) is 14.7. The summed E-state index contributed by atoms with van der Waals surface area (Å²) in [5.41, 5.74) is 4.38. The lowest BCUT2D eigenvalue weighted by atomic mass is 9.91. The molecule has 0 unspecified atom stereocenters. The number of hydrogen-bond donors (Lipinski definition) is 0. The molecule has 232 valence electrons. The number of benzene rings is 3. The van der Waals surface area contributed by atoms with Crippen molar-refractivity contribution in [3.8, 4) is 11.3 Å². The molecular formula is C36H31N3O6S. The van der Waals surface area contributed by atoms with Crippen LogP contribution in [-0.2, 0) is 9.53 Å². The number of hydrogen-bond acceptors (Lipinski definition) is 8. The Morgan fingerprint density at radius 1 is 1.09 bits per heavy atom. The highest BCUT2D eigenvalue weighted by Crippen LogP contribution is 2.36. The lowest BCUT2D eigenvalue weighted by Gasteiger charge is -2.26. The van der Waals surface area contributed by atoms with Gasteiger partial charge < -0.3 is 9.15 Å². The Hall–Kier alpha value is -5.35. The van der Waals surface area contributed by atoms with Gasteiger partial charge in [0, 0.05) is 29.3 Å². The van der Waals surface area contributed by atoms with Crippen molar-refractivity contribution in [1.82, 2.24) is 4.57 Å². The summed E-state index contributed by atoms with van der Waals surface area (Å²) in [6, 6.07) is 24.6. The van der Waals surface area contributed by atoms with Crippen LogP contribution < -0.4 is 14.9 Å². The second-order valence-electron chi connectivity index (χ2n) is 11.2. The average Bonchev–Trinajstić information content (AvgIpc) is 3.64. The molecule has 2 aromatic heterocycles. The van der Waals surface area contributed by atoms with Crippen molar-refractivity contribution in [2.75, 3.05) is 6.61 Å². The number of ether oxygens (including phenoxy) is 1. The summed E-state index contributed by atoms with van der Waals surface area (Å²) in [5, 5.41) is 11.4. The van der Waals surface area contributed by atoms with E-state index in [0.29, 0.717) is 38.0 Å². The molecule has 3 heterocycles. The molecule has 1 aliphatic rings. The van der Waals surface area contributed by atoms with Gasteiger partial charge >= 0.3 is 5.97 Å². The maximum absolute atomic E-state index is 14.2. The maximum Gasteiger partial charge on any atom is 0.338 e. The Kier molecular flexibility index (Phi) is 8.38. The Labute approximate surface area is 268 Å². The van der Waals surface area contributed by atoms with Crippen LogP contribution in [-0.4, -0.2) is 22.1 Å². The first-order valence-corrected chi connectivity index (χ1v) is 15.7. The minimum Gasteiger partial charge on any atom is -0.463 e. The van der Waals surface area contributed by atoms with Gasteiger partial charge in [-0.25, -0.2) is 9.79 Å². The first-order valence-electron chi connectivity index (χ1n) is 14.9. The number of thiazole rings is 1. The number of fused-ring (bicyclic) bond motifs is 1. The van der Waals surface area contributed by atoms with Crippen molar-refractivity contribution in [2.45, 2.75) is 39.7 Å². The highest BCUT2D eigenvalue weighted by molar-refractivity contribution is 7.07. The van der Waals surface area contributed by atoms with Crippen molar-refractivity contribution in [3.05, 3.63) is 148 Å². The third-order valence-electron chi connectivity index (χ3n) is 7.89. The quantitative estimate of drug-likeness (QED) is 0.109. The number of furan rings is 1. The van der Waals surface area contributed by atoms with Gasteiger partial charge in [0.25, 0.3) is 11.2 Å². The number of non-ortho nitro benzene ring substituents is 1. The zero-order valence-corrected chi connectivity index (χ0v) is 26.5. The molecule has 1 aliphatic heterocycles. The van der Waals surface area contributed by atoms with Gasteiger partial charge in [-0.2, -0.15) is 0 Å². The van der Waals surface area contributed by atoms with Crippen molar-refractivity contribution in [2.24, 2.45) is 4.99 Å². The molecule has 0 amide bonds. The molecule has 0 bridgehead atoms. The van der Waals surface area contributed by atoms with Crippen LogP contribution in [0.4, 0.5) is 5.69 Å². The number of aromatic nitrogens is 1. The minimum absolute atomic E-state index is 0.0417. The summed E-state index contributed by atoms with van der Waals surface area (Å²) >= 11 is 1.20. The largest absolute Gasteiger partial charge is 0.463 e. The zero-order chi connectivity index (χ0) is 32.5. The highest BCUT2D eigenvalue weighted by Gasteiger charge is 2.35. The molecule has 0 radical (unpaired) electrons. The summed E-state index contributed by atoms with van der Waals surface area (Å²) < 4.78 is 13.5. The molecule has 1 atom stereocenters. The second kappa shape index (κ2) is 12.6. The SMILES string of the molecule is CCOC(=O)C1=C(c2ccccc2)N=c2s/c(=C\c3ccc(-c4cc([N+](=O)[O-])ccc4C)o3)c(=O)n2[C@@H]1c1ccc(C(C)C)cc1. The Balaban J connectivity index is 1.54. The summed E-state index contributed by atoms with van der Waals surface area (Å²) in [6.45, 7) is 7.97. The fourth-order valence-corrected chi connectivity index (χ4v) is 6.49. The first-order chi connectivity index (χ1) is 22.2. The van der Waals surface area contributed by atoms with Crippen LogP contribution in [0, 0.1) is 17.0 Å². The lowest BCUT2D eigenvalue weighted by Crippen LogP contribution is -2.40. The van der Waals surface area contributed by atoms with E-state index in [9.17, 15) is 19.7 Å². The summed E-state index contributed by atoms with van der Waals surface area (Å²) in [6.07, 6.45) is 1.63. The van der Waals surface area contributed by atoms with Gasteiger partial charge in [-0.15, -0.1) is 0 Å². The molecule has 0 saturated heterocycles. The van der Waals surface area contributed by atoms with Crippen LogP contribution in [0.2, 0.25) is 0 Å². The number of nitrogens with zero attached hydrogens (tertiary/aromatic N) is 3. The topological polar surface area (TPSA) is 117 Å². The van der Waals surface area contributed by atoms with E-state index in [-0.39, 0.29) is 23.4 Å². The van der Waals surface area contributed by atoms with Gasteiger partial charge in [-0.05, 0) is 48.6 Å². The zero-order valence-electron chi connectivity index (χ0n) is 25.7. The molecule has 0 spiro atoms. The molecule has 0 aliphatic carbocycles. The van der Waals surface area contributed by atoms with Crippen LogP contribution in [0.3, 0.4) is 0 Å². The van der Waals surface area contributed by atoms with E-state index in [1.54, 1.807) is 35.8 Å². The van der Waals surface area contributed by atoms with Gasteiger partial charge in [-0.1, -0.05) is 85.8 Å². The van der Waals surface area contributed by atoms with E-state index >= 15 is 0 Å². The molecule has 46 heavy (non-hydrogen) atoms. The van der Waals surface area contributed by atoms with E-state index in [4.69, 9.17) is 14.1 Å². The summed E-state index contributed by atoms with van der Waals surface area (Å²) in [7, 11) is 0. The molecule has 0 N–H and O–H groups in total. The fourth-order valence-electron chi connectivity index (χ4n) is 5.51. The van der Waals surface area contributed by atoms with Crippen molar-refractivity contribution < 1.29 is 18.9 Å². The van der Waals surface area contributed by atoms with E-state index < -0.39 is 16.9 Å². The van der Waals surface area contributed by atoms with Crippen LogP contribution in [0.25, 0.3) is 23.1 Å². The number of aryl methyl sites for hydroxylation is 1. The van der Waals surface area contributed by atoms with Crippen LogP contribution >= 0.6 is 11.3 Å². The van der Waals surface area contributed by atoms with E-state index in [0.717, 1.165) is 22.3 Å². The van der Waals surface area contributed by atoms with Crippen molar-refractivity contribution >= 4 is 34.8 Å². The number of nitro groups is 1. The van der Waals surface area contributed by atoms with Gasteiger partial charge in [0.15, 0.2) is 4.80 Å². The van der Waals surface area contributed by atoms with Crippen LogP contribution in [0.15, 0.2) is 105 Å². The first kappa shape index (κ1) is 30.7. The molecule has 9 nitrogen and oxygen atoms in total. The number of esters is 1. The van der Waals surface area contributed by atoms with E-state index in [2.05, 4.69) is 13.8 Å². The van der Waals surface area contributed by atoms with Crippen molar-refractivity contribution in [1.29, 1.82) is 0 Å². The second-order valence-corrected chi connectivity index (χ2v) is 12.2. The molecule has 6 rings (SSSR count). The van der Waals surface area contributed by atoms with Gasteiger partial charge in [0.05, 0.1) is 33.4 Å². The van der Waals surface area contributed by atoms with Gasteiger partial charge in [0.1, 0.15) is 11.5 Å². The average molecular weight is 634 g/mol. The minimum atomic E-state index is -0.784. The predicted octanol–water partition coefficient (Wildman–Crippen LogP) is 6.54. The predicted molar refractivity (Wildman–Crippen MR) is 177 cm³/mol. The smallest absolute Gasteiger partial charge is 0.338 e. The molecule has 0 fully saturated rings. The van der Waals surface area contributed by atoms with Crippen LogP contribution in [0.5, 0.6) is 0 Å².